The van der Waals surface area contributed by atoms with Gasteiger partial charge >= 0.3 is 0 Å². The van der Waals surface area contributed by atoms with E-state index in [4.69, 9.17) is 4.42 Å². The van der Waals surface area contributed by atoms with Gasteiger partial charge in [0.1, 0.15) is 12.3 Å². The second kappa shape index (κ2) is 8.39. The third kappa shape index (κ3) is 4.30. The van der Waals surface area contributed by atoms with Crippen molar-refractivity contribution in [2.24, 2.45) is 0 Å². The molecule has 0 saturated carbocycles. The lowest BCUT2D eigenvalue weighted by Gasteiger charge is -2.23. The maximum Gasteiger partial charge on any atom is 0.243 e. The van der Waals surface area contributed by atoms with E-state index in [9.17, 15) is 13.2 Å². The summed E-state index contributed by atoms with van der Waals surface area (Å²) in [5.41, 5.74) is 0.585. The van der Waals surface area contributed by atoms with Crippen LogP contribution in [0.4, 0.5) is 0 Å². The van der Waals surface area contributed by atoms with Crippen LogP contribution in [0.2, 0.25) is 0 Å². The monoisotopic (exact) mass is 495 g/mol. The maximum atomic E-state index is 13.0. The zero-order valence-electron chi connectivity index (χ0n) is 15.2. The fourth-order valence-electron chi connectivity index (χ4n) is 3.23. The van der Waals surface area contributed by atoms with Gasteiger partial charge in [-0.25, -0.2) is 13.4 Å². The molecule has 3 heterocycles. The molecule has 1 aliphatic heterocycles. The summed E-state index contributed by atoms with van der Waals surface area (Å²) in [5.74, 6) is 0.174. The fraction of sp³-hybridized carbons (Fsp3) is 0.263. The summed E-state index contributed by atoms with van der Waals surface area (Å²) in [6, 6.07) is 9.51. The zero-order chi connectivity index (χ0) is 20.4. The Labute approximate surface area is 180 Å². The SMILES string of the molecule is O=C(NCc1coc(-c2cccs2)n1)C1CCCN1S(=O)(=O)c1ccc(Br)cc1. The molecule has 29 heavy (non-hydrogen) atoms. The number of halogens is 1. The van der Waals surface area contributed by atoms with Gasteiger partial charge in [-0.2, -0.15) is 4.31 Å². The standard InChI is InChI=1S/C19H18BrN3O4S2/c20-13-5-7-15(8-6-13)29(25,26)23-9-1-3-16(23)18(24)21-11-14-12-27-19(22-14)17-4-2-10-28-17/h2,4-8,10,12,16H,1,3,9,11H2,(H,21,24). The van der Waals surface area contributed by atoms with Crippen LogP contribution < -0.4 is 5.32 Å². The lowest BCUT2D eigenvalue weighted by Crippen LogP contribution is -2.45. The molecule has 0 aliphatic carbocycles. The predicted octanol–water partition coefficient (Wildman–Crippen LogP) is 3.64. The third-order valence-corrected chi connectivity index (χ3v) is 7.96. The molecule has 1 amide bonds. The second-order valence-corrected chi connectivity index (χ2v) is 10.3. The number of hydrogen-bond acceptors (Lipinski definition) is 6. The average Bonchev–Trinajstić information content (AvgIpc) is 3.47. The molecule has 152 valence electrons. The first-order valence-corrected chi connectivity index (χ1v) is 12.1. The Morgan fingerprint density at radius 1 is 1.31 bits per heavy atom. The smallest absolute Gasteiger partial charge is 0.243 e. The van der Waals surface area contributed by atoms with Crippen molar-refractivity contribution >= 4 is 43.2 Å². The molecule has 1 aromatic carbocycles. The van der Waals surface area contributed by atoms with Crippen LogP contribution in [0.1, 0.15) is 18.5 Å². The Bertz CT molecular complexity index is 1090. The Hall–Kier alpha value is -2.01. The van der Waals surface area contributed by atoms with E-state index in [1.54, 1.807) is 12.1 Å². The summed E-state index contributed by atoms with van der Waals surface area (Å²) < 4.78 is 33.5. The van der Waals surface area contributed by atoms with Gasteiger partial charge in [-0.1, -0.05) is 22.0 Å². The highest BCUT2D eigenvalue weighted by atomic mass is 79.9. The van der Waals surface area contributed by atoms with Crippen molar-refractivity contribution in [1.82, 2.24) is 14.6 Å². The van der Waals surface area contributed by atoms with Crippen molar-refractivity contribution in [3.05, 3.63) is 58.2 Å². The van der Waals surface area contributed by atoms with Crippen molar-refractivity contribution in [1.29, 1.82) is 0 Å². The van der Waals surface area contributed by atoms with E-state index < -0.39 is 16.1 Å². The summed E-state index contributed by atoms with van der Waals surface area (Å²) >= 11 is 4.82. The zero-order valence-corrected chi connectivity index (χ0v) is 18.5. The Kier molecular flexibility index (Phi) is 5.86. The summed E-state index contributed by atoms with van der Waals surface area (Å²) in [6.07, 6.45) is 2.63. The van der Waals surface area contributed by atoms with Crippen LogP contribution in [0.3, 0.4) is 0 Å². The number of nitrogens with one attached hydrogen (secondary N) is 1. The summed E-state index contributed by atoms with van der Waals surface area (Å²) in [4.78, 5) is 18.2. The number of benzene rings is 1. The van der Waals surface area contributed by atoms with Crippen molar-refractivity contribution in [2.45, 2.75) is 30.3 Å². The number of hydrogen-bond donors (Lipinski definition) is 1. The Morgan fingerprint density at radius 2 is 2.10 bits per heavy atom. The van der Waals surface area contributed by atoms with E-state index in [0.717, 1.165) is 9.35 Å². The molecule has 4 rings (SSSR count). The molecule has 1 fully saturated rings. The van der Waals surface area contributed by atoms with Gasteiger partial charge in [0, 0.05) is 11.0 Å². The molecule has 0 spiro atoms. The second-order valence-electron chi connectivity index (χ2n) is 6.57. The minimum absolute atomic E-state index is 0.177. The summed E-state index contributed by atoms with van der Waals surface area (Å²) in [5, 5.41) is 4.72. The summed E-state index contributed by atoms with van der Waals surface area (Å²) in [7, 11) is -3.74. The first-order chi connectivity index (χ1) is 13.9. The molecule has 2 aromatic heterocycles. The van der Waals surface area contributed by atoms with Crippen molar-refractivity contribution in [3.63, 3.8) is 0 Å². The Balaban J connectivity index is 1.43. The Morgan fingerprint density at radius 3 is 2.83 bits per heavy atom. The summed E-state index contributed by atoms with van der Waals surface area (Å²) in [6.45, 7) is 0.499. The van der Waals surface area contributed by atoms with Crippen LogP contribution in [0, 0.1) is 0 Å². The number of carbonyl (C=O) groups is 1. The minimum atomic E-state index is -3.74. The molecular weight excluding hydrogens is 478 g/mol. The van der Waals surface area contributed by atoms with Gasteiger partial charge in [-0.05, 0) is 48.6 Å². The van der Waals surface area contributed by atoms with E-state index in [2.05, 4.69) is 26.2 Å². The first-order valence-electron chi connectivity index (χ1n) is 8.98. The molecule has 7 nitrogen and oxygen atoms in total. The number of thiophene rings is 1. The van der Waals surface area contributed by atoms with Crippen LogP contribution in [0.5, 0.6) is 0 Å². The normalized spacial score (nSPS) is 17.5. The highest BCUT2D eigenvalue weighted by Crippen LogP contribution is 2.27. The van der Waals surface area contributed by atoms with Crippen LogP contribution in [-0.2, 0) is 21.4 Å². The fourth-order valence-corrected chi connectivity index (χ4v) is 5.81. The van der Waals surface area contributed by atoms with Crippen LogP contribution >= 0.6 is 27.3 Å². The van der Waals surface area contributed by atoms with E-state index >= 15 is 0 Å². The lowest BCUT2D eigenvalue weighted by molar-refractivity contribution is -0.124. The van der Waals surface area contributed by atoms with Crippen molar-refractivity contribution in [2.75, 3.05) is 6.54 Å². The number of aromatic nitrogens is 1. The van der Waals surface area contributed by atoms with Crippen LogP contribution in [-0.4, -0.2) is 36.2 Å². The average molecular weight is 496 g/mol. The number of sulfonamides is 1. The van der Waals surface area contributed by atoms with E-state index in [1.165, 1.54) is 34.0 Å². The molecule has 10 heteroatoms. The van der Waals surface area contributed by atoms with E-state index in [0.29, 0.717) is 31.0 Å². The number of rotatable bonds is 6. The first kappa shape index (κ1) is 20.3. The van der Waals surface area contributed by atoms with Gasteiger partial charge in [0.15, 0.2) is 0 Å². The van der Waals surface area contributed by atoms with Gasteiger partial charge in [0.05, 0.1) is 22.0 Å². The highest BCUT2D eigenvalue weighted by Gasteiger charge is 2.39. The molecule has 0 bridgehead atoms. The molecule has 1 aliphatic rings. The number of nitrogens with zero attached hydrogens (tertiary/aromatic N) is 2. The largest absolute Gasteiger partial charge is 0.443 e. The molecule has 1 saturated heterocycles. The van der Waals surface area contributed by atoms with E-state index in [-0.39, 0.29) is 17.3 Å². The van der Waals surface area contributed by atoms with Crippen LogP contribution in [0.25, 0.3) is 10.8 Å². The number of oxazole rings is 1. The van der Waals surface area contributed by atoms with Gasteiger partial charge in [-0.15, -0.1) is 11.3 Å². The molecule has 0 radical (unpaired) electrons. The highest BCUT2D eigenvalue weighted by molar-refractivity contribution is 9.10. The van der Waals surface area contributed by atoms with Gasteiger partial charge in [0.2, 0.25) is 21.8 Å². The number of carbonyl (C=O) groups excluding carboxylic acids is 1. The maximum absolute atomic E-state index is 13.0. The predicted molar refractivity (Wildman–Crippen MR) is 113 cm³/mol. The van der Waals surface area contributed by atoms with Gasteiger partial charge in [-0.3, -0.25) is 4.79 Å². The van der Waals surface area contributed by atoms with Gasteiger partial charge < -0.3 is 9.73 Å². The van der Waals surface area contributed by atoms with Crippen LogP contribution in [0.15, 0.2) is 61.8 Å². The van der Waals surface area contributed by atoms with Crippen molar-refractivity contribution < 1.29 is 17.6 Å². The third-order valence-electron chi connectivity index (χ3n) is 4.65. The molecular formula is C19H18BrN3O4S2. The molecule has 3 aromatic rings. The molecule has 1 unspecified atom stereocenters. The number of amides is 1. The topological polar surface area (TPSA) is 92.5 Å². The lowest BCUT2D eigenvalue weighted by atomic mass is 10.2. The quantitative estimate of drug-likeness (QED) is 0.563. The van der Waals surface area contributed by atoms with Gasteiger partial charge in [0.25, 0.3) is 0 Å². The minimum Gasteiger partial charge on any atom is -0.443 e. The van der Waals surface area contributed by atoms with Crippen molar-refractivity contribution in [3.8, 4) is 10.8 Å². The van der Waals surface area contributed by atoms with E-state index in [1.807, 2.05) is 17.5 Å². The molecule has 1 atom stereocenters. The molecule has 1 N–H and O–H groups in total.